The summed E-state index contributed by atoms with van der Waals surface area (Å²) in [4.78, 5) is 56.1. The summed E-state index contributed by atoms with van der Waals surface area (Å²) in [7, 11) is 11.7. The molecule has 2 aliphatic carbocycles. The summed E-state index contributed by atoms with van der Waals surface area (Å²) in [5.74, 6) is 3.35. The lowest BCUT2D eigenvalue weighted by molar-refractivity contribution is 0.413. The number of methoxy groups -OCH3 is 2. The van der Waals surface area contributed by atoms with Gasteiger partial charge in [-0.1, -0.05) is 67.6 Å². The number of halogens is 1. The van der Waals surface area contributed by atoms with Crippen LogP contribution in [0, 0.1) is 11.8 Å². The van der Waals surface area contributed by atoms with Crippen LogP contribution >= 0.6 is 11.6 Å². The van der Waals surface area contributed by atoms with Crippen LogP contribution in [0.15, 0.2) is 116 Å². The molecule has 14 nitrogen and oxygen atoms in total. The van der Waals surface area contributed by atoms with Crippen molar-refractivity contribution < 1.29 is 9.47 Å². The Labute approximate surface area is 393 Å². The van der Waals surface area contributed by atoms with Crippen LogP contribution < -0.4 is 52.8 Å². The number of hydrogen-bond acceptors (Lipinski definition) is 10. The number of rotatable bonds is 12. The highest BCUT2D eigenvalue weighted by Crippen LogP contribution is 2.43. The number of H-pyrrole nitrogens is 2. The molecule has 2 atom stereocenters. The molecule has 0 unspecified atom stereocenters. The summed E-state index contributed by atoms with van der Waals surface area (Å²) in [5.41, 5.74) is 9.35. The SMILES string of the molecule is C.CC(C)n1c(=O)cc(Cl)[nH]c1=O.CN(C)c1cccc2cccc(N(C)C)c12.COc1cccc([C@@H](N)C2CC2)c1.COc1cccc([C@@H](Nc2cc(=O)n(C(C)C)c(=O)[nH]2)C2CC2)c1. The molecule has 15 heteroatoms. The van der Waals surface area contributed by atoms with Crippen molar-refractivity contribution >= 4 is 39.6 Å². The normalized spacial score (nSPS) is 13.7. The number of fused-ring (bicyclic) bond motifs is 1. The first-order valence-electron chi connectivity index (χ1n) is 22.0. The third kappa shape index (κ3) is 13.9. The molecule has 0 bridgehead atoms. The summed E-state index contributed by atoms with van der Waals surface area (Å²) in [6.07, 6.45) is 4.81. The Morgan fingerprint density at radius 2 is 1.11 bits per heavy atom. The van der Waals surface area contributed by atoms with Gasteiger partial charge in [0.05, 0.1) is 20.3 Å². The van der Waals surface area contributed by atoms with Gasteiger partial charge in [-0.25, -0.2) is 9.59 Å². The molecular weight excluding hydrogens is 856 g/mol. The van der Waals surface area contributed by atoms with Crippen LogP contribution in [0.25, 0.3) is 10.8 Å². The maximum Gasteiger partial charge on any atom is 0.330 e. The molecule has 2 aliphatic rings. The summed E-state index contributed by atoms with van der Waals surface area (Å²) < 4.78 is 12.8. The summed E-state index contributed by atoms with van der Waals surface area (Å²) in [6, 6.07) is 31.4. The van der Waals surface area contributed by atoms with Crippen molar-refractivity contribution in [3.63, 3.8) is 0 Å². The number of aromatic nitrogens is 4. The molecule has 0 radical (unpaired) electrons. The van der Waals surface area contributed by atoms with Crippen LogP contribution in [-0.4, -0.2) is 61.5 Å². The second kappa shape index (κ2) is 23.8. The van der Waals surface area contributed by atoms with Gasteiger partial charge in [-0.2, -0.15) is 0 Å². The minimum atomic E-state index is -0.470. The van der Waals surface area contributed by atoms with Gasteiger partial charge in [-0.05, 0) is 118 Å². The third-order valence-corrected chi connectivity index (χ3v) is 11.4. The van der Waals surface area contributed by atoms with Gasteiger partial charge >= 0.3 is 11.4 Å². The molecule has 0 aliphatic heterocycles. The van der Waals surface area contributed by atoms with E-state index in [9.17, 15) is 19.2 Å². The first kappa shape index (κ1) is 52.4. The molecule has 2 heterocycles. The summed E-state index contributed by atoms with van der Waals surface area (Å²) >= 11 is 5.46. The largest absolute Gasteiger partial charge is 0.497 e. The molecule has 2 fully saturated rings. The van der Waals surface area contributed by atoms with Crippen molar-refractivity contribution in [2.75, 3.05) is 57.5 Å². The van der Waals surface area contributed by atoms with E-state index in [-0.39, 0.29) is 53.6 Å². The number of nitrogens with one attached hydrogen (secondary N) is 3. The van der Waals surface area contributed by atoms with Gasteiger partial charge in [0.1, 0.15) is 22.5 Å². The van der Waals surface area contributed by atoms with E-state index in [1.54, 1.807) is 28.1 Å². The Bertz CT molecular complexity index is 2650. The molecular formula is C51H69ClN8O6. The van der Waals surface area contributed by atoms with Crippen LogP contribution in [0.1, 0.15) is 96.1 Å². The number of aromatic amines is 2. The number of anilines is 3. The molecule has 2 aromatic heterocycles. The fourth-order valence-electron chi connectivity index (χ4n) is 7.57. The van der Waals surface area contributed by atoms with Crippen LogP contribution in [0.4, 0.5) is 17.2 Å². The average molecular weight is 926 g/mol. The highest BCUT2D eigenvalue weighted by Gasteiger charge is 2.33. The fraction of sp³-hybridized carbons (Fsp3) is 0.412. The van der Waals surface area contributed by atoms with E-state index in [1.165, 1.54) is 57.3 Å². The molecule has 0 spiro atoms. The van der Waals surface area contributed by atoms with Gasteiger partial charge in [0, 0.05) is 75.2 Å². The first-order valence-corrected chi connectivity index (χ1v) is 22.3. The van der Waals surface area contributed by atoms with Gasteiger partial charge in [0.15, 0.2) is 0 Å². The highest BCUT2D eigenvalue weighted by molar-refractivity contribution is 6.29. The summed E-state index contributed by atoms with van der Waals surface area (Å²) in [5, 5.41) is 6.01. The van der Waals surface area contributed by atoms with E-state index >= 15 is 0 Å². The zero-order valence-corrected chi connectivity index (χ0v) is 40.0. The lowest BCUT2D eigenvalue weighted by Gasteiger charge is -2.21. The van der Waals surface area contributed by atoms with Crippen LogP contribution in [0.3, 0.4) is 0 Å². The number of nitrogens with zero attached hydrogens (tertiary/aromatic N) is 4. The molecule has 0 amide bonds. The quantitative estimate of drug-likeness (QED) is 0.0868. The predicted molar refractivity (Wildman–Crippen MR) is 272 cm³/mol. The van der Waals surface area contributed by atoms with Crippen molar-refractivity contribution in [2.45, 2.75) is 85.0 Å². The molecule has 6 aromatic rings. The van der Waals surface area contributed by atoms with Crippen molar-refractivity contribution in [1.29, 1.82) is 0 Å². The Morgan fingerprint density at radius 3 is 1.55 bits per heavy atom. The number of nitrogens with two attached hydrogens (primary N) is 1. The lowest BCUT2D eigenvalue weighted by Crippen LogP contribution is -2.36. The van der Waals surface area contributed by atoms with E-state index in [0.717, 1.165) is 34.5 Å². The van der Waals surface area contributed by atoms with E-state index < -0.39 is 5.69 Å². The molecule has 4 aromatic carbocycles. The average Bonchev–Trinajstić information content (AvgIpc) is 4.20. The smallest absolute Gasteiger partial charge is 0.330 e. The zero-order valence-electron chi connectivity index (χ0n) is 39.2. The Kier molecular flexibility index (Phi) is 18.9. The van der Waals surface area contributed by atoms with E-state index in [1.807, 2.05) is 56.3 Å². The minimum absolute atomic E-state index is 0. The molecule has 8 rings (SSSR count). The highest BCUT2D eigenvalue weighted by atomic mass is 35.5. The summed E-state index contributed by atoms with van der Waals surface area (Å²) in [6.45, 7) is 7.13. The van der Waals surface area contributed by atoms with Crippen LogP contribution in [-0.2, 0) is 0 Å². The molecule has 0 saturated heterocycles. The molecule has 2 saturated carbocycles. The number of hydrogen-bond donors (Lipinski definition) is 4. The van der Waals surface area contributed by atoms with Gasteiger partial charge in [0.2, 0.25) is 0 Å². The number of ether oxygens (including phenoxy) is 2. The van der Waals surface area contributed by atoms with E-state index in [0.29, 0.717) is 17.7 Å². The van der Waals surface area contributed by atoms with Crippen LogP contribution in [0.2, 0.25) is 5.15 Å². The zero-order chi connectivity index (χ0) is 47.5. The van der Waals surface area contributed by atoms with Crippen LogP contribution in [0.5, 0.6) is 11.5 Å². The van der Waals surface area contributed by atoms with Crippen molar-refractivity contribution in [3.05, 3.63) is 155 Å². The fourth-order valence-corrected chi connectivity index (χ4v) is 7.74. The standard InChI is InChI=1S/C18H23N3O3.C14H18N2.C11H15NO.C7H9ClN2O2.CH4/c1-11(2)21-16(22)10-15(20-18(21)23)19-17(12-7-8-12)13-5-4-6-14(9-13)24-3;1-15(2)12-9-5-7-11-8-6-10-13(14(11)12)16(3)4;1-13-10-4-2-3-9(7-10)11(12)8-5-6-8;1-4(2)10-6(11)3-5(8)9-7(10)12;/h4-6,9-12,17,19H,7-8H2,1-3H3,(H,20,23);5-10H,1-4H3;2-4,7-8,11H,5-6,12H2,1H3;3-4H,1-2H3,(H,9,12);1H4/t17-;;11-;;/m0.0../s1. The van der Waals surface area contributed by atoms with Crippen molar-refractivity contribution in [1.82, 2.24) is 19.1 Å². The van der Waals surface area contributed by atoms with Crippen molar-refractivity contribution in [2.24, 2.45) is 17.6 Å². The second-order valence-electron chi connectivity index (χ2n) is 17.3. The first-order chi connectivity index (χ1) is 30.9. The van der Waals surface area contributed by atoms with E-state index in [4.69, 9.17) is 26.8 Å². The topological polar surface area (TPSA) is 173 Å². The Hall–Kier alpha value is -6.25. The van der Waals surface area contributed by atoms with Gasteiger partial charge in [-0.15, -0.1) is 0 Å². The maximum atomic E-state index is 12.2. The van der Waals surface area contributed by atoms with Gasteiger partial charge < -0.3 is 30.3 Å². The molecule has 5 N–H and O–H groups in total. The van der Waals surface area contributed by atoms with Gasteiger partial charge in [0.25, 0.3) is 11.1 Å². The predicted octanol–water partition coefficient (Wildman–Crippen LogP) is 9.17. The second-order valence-corrected chi connectivity index (χ2v) is 17.7. The maximum absolute atomic E-state index is 12.2. The monoisotopic (exact) mass is 925 g/mol. The lowest BCUT2D eigenvalue weighted by atomic mass is 10.0. The Morgan fingerprint density at radius 1 is 0.652 bits per heavy atom. The Balaban J connectivity index is 0.000000199. The van der Waals surface area contributed by atoms with Crippen molar-refractivity contribution in [3.8, 4) is 11.5 Å². The third-order valence-electron chi connectivity index (χ3n) is 11.2. The van der Waals surface area contributed by atoms with Gasteiger partial charge in [-0.3, -0.25) is 28.7 Å². The molecule has 66 heavy (non-hydrogen) atoms. The number of benzene rings is 4. The van der Waals surface area contributed by atoms with E-state index in [2.05, 4.69) is 95.7 Å². The minimum Gasteiger partial charge on any atom is -0.497 e. The molecule has 356 valence electrons.